The van der Waals surface area contributed by atoms with Gasteiger partial charge in [-0.05, 0) is 41.8 Å². The van der Waals surface area contributed by atoms with E-state index in [1.807, 2.05) is 24.3 Å². The number of fused-ring (bicyclic) bond motifs is 5. The topological polar surface area (TPSA) is 93.1 Å². The molecular formula is C25H20O6. The number of esters is 2. The van der Waals surface area contributed by atoms with Gasteiger partial charge in [-0.15, -0.1) is 0 Å². The van der Waals surface area contributed by atoms with Crippen LogP contribution in [0.2, 0.25) is 0 Å². The van der Waals surface area contributed by atoms with Crippen molar-refractivity contribution in [1.82, 2.24) is 0 Å². The molecule has 6 heteroatoms. The van der Waals surface area contributed by atoms with Gasteiger partial charge in [0.1, 0.15) is 34.8 Å². The molecule has 31 heavy (non-hydrogen) atoms. The van der Waals surface area contributed by atoms with Crippen molar-refractivity contribution in [2.45, 2.75) is 30.5 Å². The van der Waals surface area contributed by atoms with Gasteiger partial charge < -0.3 is 19.7 Å². The number of aromatic hydroxyl groups is 2. The molecule has 5 rings (SSSR count). The van der Waals surface area contributed by atoms with Crippen LogP contribution in [-0.2, 0) is 9.47 Å². The third-order valence-electron chi connectivity index (χ3n) is 6.15. The zero-order valence-corrected chi connectivity index (χ0v) is 16.5. The number of ether oxygens (including phenoxy) is 2. The molecule has 2 bridgehead atoms. The molecule has 1 saturated carbocycles. The quantitative estimate of drug-likeness (QED) is 0.621. The van der Waals surface area contributed by atoms with Crippen molar-refractivity contribution in [1.29, 1.82) is 0 Å². The Labute approximate surface area is 178 Å². The van der Waals surface area contributed by atoms with E-state index in [0.29, 0.717) is 6.42 Å². The van der Waals surface area contributed by atoms with Crippen LogP contribution in [0.15, 0.2) is 72.8 Å². The number of phenols is 2. The fourth-order valence-corrected chi connectivity index (χ4v) is 4.76. The lowest BCUT2D eigenvalue weighted by Gasteiger charge is -2.32. The summed E-state index contributed by atoms with van der Waals surface area (Å²) in [5.41, 5.74) is 2.28. The van der Waals surface area contributed by atoms with Gasteiger partial charge in [0.2, 0.25) is 0 Å². The van der Waals surface area contributed by atoms with Gasteiger partial charge in [0.15, 0.2) is 0 Å². The van der Waals surface area contributed by atoms with Gasteiger partial charge >= 0.3 is 11.9 Å². The molecule has 0 spiro atoms. The summed E-state index contributed by atoms with van der Waals surface area (Å²) in [4.78, 5) is 25.6. The van der Waals surface area contributed by atoms with E-state index < -0.39 is 24.1 Å². The number of hydrogen-bond donors (Lipinski definition) is 2. The summed E-state index contributed by atoms with van der Waals surface area (Å²) < 4.78 is 11.6. The van der Waals surface area contributed by atoms with Crippen molar-refractivity contribution in [2.75, 3.05) is 0 Å². The second-order valence-electron chi connectivity index (χ2n) is 7.85. The van der Waals surface area contributed by atoms with Crippen LogP contribution in [0.1, 0.15) is 50.1 Å². The Morgan fingerprint density at radius 1 is 0.645 bits per heavy atom. The number of carbonyl (C=O) groups excluding carboxylic acids is 2. The van der Waals surface area contributed by atoms with Crippen molar-refractivity contribution in [3.63, 3.8) is 0 Å². The van der Waals surface area contributed by atoms with Crippen LogP contribution in [-0.4, -0.2) is 34.4 Å². The molecule has 3 aromatic carbocycles. The Kier molecular flexibility index (Phi) is 4.62. The van der Waals surface area contributed by atoms with Gasteiger partial charge in [0.25, 0.3) is 0 Å². The highest BCUT2D eigenvalue weighted by Gasteiger charge is 2.55. The molecule has 0 heterocycles. The van der Waals surface area contributed by atoms with Crippen LogP contribution in [0, 0.1) is 0 Å². The predicted molar refractivity (Wildman–Crippen MR) is 111 cm³/mol. The largest absolute Gasteiger partial charge is 0.507 e. The molecule has 0 radical (unpaired) electrons. The second kappa shape index (κ2) is 7.47. The van der Waals surface area contributed by atoms with E-state index in [0.717, 1.165) is 11.1 Å². The zero-order chi connectivity index (χ0) is 21.5. The van der Waals surface area contributed by atoms with Crippen LogP contribution in [0.3, 0.4) is 0 Å². The minimum absolute atomic E-state index is 0.0596. The molecule has 4 atom stereocenters. The zero-order valence-electron chi connectivity index (χ0n) is 16.5. The van der Waals surface area contributed by atoms with E-state index in [4.69, 9.17) is 9.47 Å². The minimum Gasteiger partial charge on any atom is -0.507 e. The third-order valence-corrected chi connectivity index (χ3v) is 6.15. The lowest BCUT2D eigenvalue weighted by Crippen LogP contribution is -2.39. The number of benzene rings is 3. The van der Waals surface area contributed by atoms with Crippen LogP contribution >= 0.6 is 0 Å². The molecule has 6 nitrogen and oxygen atoms in total. The molecule has 2 aliphatic carbocycles. The minimum atomic E-state index is -0.693. The predicted octanol–water partition coefficient (Wildman–Crippen LogP) is 4.13. The summed E-state index contributed by atoms with van der Waals surface area (Å²) in [7, 11) is 0. The molecule has 2 N–H and O–H groups in total. The maximum atomic E-state index is 12.8. The maximum absolute atomic E-state index is 12.8. The van der Waals surface area contributed by atoms with Gasteiger partial charge in [-0.25, -0.2) is 9.59 Å². The second-order valence-corrected chi connectivity index (χ2v) is 7.85. The Morgan fingerprint density at radius 2 is 1.03 bits per heavy atom. The summed E-state index contributed by atoms with van der Waals surface area (Å²) in [5, 5.41) is 20.0. The molecule has 0 aromatic heterocycles. The SMILES string of the molecule is O=C(OC1C2CC(c3ccccc32)C1OC(=O)c1ccccc1O)c1ccccc1O. The summed E-state index contributed by atoms with van der Waals surface area (Å²) >= 11 is 0. The Hall–Kier alpha value is -3.80. The molecule has 0 aliphatic heterocycles. The first-order chi connectivity index (χ1) is 15.0. The Bertz CT molecular complexity index is 1080. The molecular weight excluding hydrogens is 396 g/mol. The van der Waals surface area contributed by atoms with Crippen molar-refractivity contribution in [3.05, 3.63) is 95.1 Å². The number of rotatable bonds is 4. The van der Waals surface area contributed by atoms with E-state index in [9.17, 15) is 19.8 Å². The lowest BCUT2D eigenvalue weighted by molar-refractivity contribution is -0.0351. The molecule has 1 fully saturated rings. The molecule has 0 saturated heterocycles. The molecule has 2 aliphatic rings. The van der Waals surface area contributed by atoms with Gasteiger partial charge in [0.05, 0.1) is 0 Å². The fourth-order valence-electron chi connectivity index (χ4n) is 4.76. The number of carbonyl (C=O) groups is 2. The average Bonchev–Trinajstić information content (AvgIpc) is 3.31. The van der Waals surface area contributed by atoms with E-state index >= 15 is 0 Å². The molecule has 156 valence electrons. The van der Waals surface area contributed by atoms with Crippen LogP contribution in [0.25, 0.3) is 0 Å². The summed E-state index contributed by atoms with van der Waals surface area (Å²) in [6.07, 6.45) is -0.694. The molecule has 4 unspecified atom stereocenters. The van der Waals surface area contributed by atoms with Gasteiger partial charge in [-0.1, -0.05) is 48.5 Å². The van der Waals surface area contributed by atoms with E-state index in [-0.39, 0.29) is 34.5 Å². The first kappa shape index (κ1) is 19.2. The van der Waals surface area contributed by atoms with E-state index in [1.165, 1.54) is 24.3 Å². The van der Waals surface area contributed by atoms with Crippen LogP contribution in [0.5, 0.6) is 11.5 Å². The summed E-state index contributed by atoms with van der Waals surface area (Å²) in [6, 6.07) is 20.2. The highest BCUT2D eigenvalue weighted by atomic mass is 16.6. The normalized spacial score (nSPS) is 23.2. The highest BCUT2D eigenvalue weighted by molar-refractivity contribution is 5.93. The first-order valence-electron chi connectivity index (χ1n) is 10.1. The van der Waals surface area contributed by atoms with Crippen LogP contribution in [0.4, 0.5) is 0 Å². The Balaban J connectivity index is 1.46. The van der Waals surface area contributed by atoms with Crippen LogP contribution < -0.4 is 0 Å². The monoisotopic (exact) mass is 416 g/mol. The third kappa shape index (κ3) is 3.20. The number of para-hydroxylation sites is 2. The van der Waals surface area contributed by atoms with Gasteiger partial charge in [0, 0.05) is 11.8 Å². The smallest absolute Gasteiger partial charge is 0.342 e. The first-order valence-corrected chi connectivity index (χ1v) is 10.1. The van der Waals surface area contributed by atoms with Crippen molar-refractivity contribution >= 4 is 11.9 Å². The fraction of sp³-hybridized carbons (Fsp3) is 0.200. The average molecular weight is 416 g/mol. The summed E-state index contributed by atoms with van der Waals surface area (Å²) in [6.45, 7) is 0. The molecule has 3 aromatic rings. The van der Waals surface area contributed by atoms with E-state index in [2.05, 4.69) is 0 Å². The van der Waals surface area contributed by atoms with Crippen molar-refractivity contribution < 1.29 is 29.3 Å². The Morgan fingerprint density at radius 3 is 1.45 bits per heavy atom. The number of phenolic OH excluding ortho intramolecular Hbond substituents is 2. The maximum Gasteiger partial charge on any atom is 0.342 e. The highest BCUT2D eigenvalue weighted by Crippen LogP contribution is 2.55. The van der Waals surface area contributed by atoms with E-state index in [1.54, 1.807) is 24.3 Å². The lowest BCUT2D eigenvalue weighted by atomic mass is 9.87. The standard InChI is InChI=1S/C25H20O6/c26-20-11-5-3-9-16(20)24(28)30-22-18-13-19(15-8-2-1-7-14(15)18)23(22)31-25(29)17-10-4-6-12-21(17)27/h1-12,18-19,22-23,26-27H,13H2. The van der Waals surface area contributed by atoms with Gasteiger partial charge in [-0.2, -0.15) is 0 Å². The van der Waals surface area contributed by atoms with Gasteiger partial charge in [-0.3, -0.25) is 0 Å². The molecule has 0 amide bonds. The number of hydrogen-bond acceptors (Lipinski definition) is 6. The van der Waals surface area contributed by atoms with Crippen molar-refractivity contribution in [3.8, 4) is 11.5 Å². The summed E-state index contributed by atoms with van der Waals surface area (Å²) in [5.74, 6) is -1.90. The van der Waals surface area contributed by atoms with Crippen molar-refractivity contribution in [2.24, 2.45) is 0 Å².